The summed E-state index contributed by atoms with van der Waals surface area (Å²) < 4.78 is 6.20. The van der Waals surface area contributed by atoms with E-state index in [-0.39, 0.29) is 11.9 Å². The topological polar surface area (TPSA) is 54.5 Å². The van der Waals surface area contributed by atoms with E-state index in [0.29, 0.717) is 12.0 Å². The van der Waals surface area contributed by atoms with Crippen LogP contribution >= 0.6 is 0 Å². The molecule has 2 aromatic rings. The van der Waals surface area contributed by atoms with E-state index in [1.54, 1.807) is 0 Å². The van der Waals surface area contributed by atoms with E-state index in [1.165, 1.54) is 31.2 Å². The molecule has 2 fully saturated rings. The van der Waals surface area contributed by atoms with Crippen molar-refractivity contribution in [1.29, 1.82) is 0 Å². The number of benzene rings is 1. The lowest BCUT2D eigenvalue weighted by Crippen LogP contribution is -2.44. The van der Waals surface area contributed by atoms with E-state index in [1.807, 2.05) is 45.2 Å². The molecule has 5 heteroatoms. The number of hydrogen-bond acceptors (Lipinski definition) is 4. The van der Waals surface area contributed by atoms with Gasteiger partial charge in [0.05, 0.1) is 17.8 Å². The van der Waals surface area contributed by atoms with Gasteiger partial charge in [-0.1, -0.05) is 39.0 Å². The smallest absolute Gasteiger partial charge is 0.225 e. The van der Waals surface area contributed by atoms with Crippen LogP contribution in [0.5, 0.6) is 5.75 Å². The Morgan fingerprint density at radius 2 is 1.85 bits per heavy atom. The third kappa shape index (κ3) is 6.57. The molecule has 1 saturated carbocycles. The Labute approximate surface area is 198 Å². The third-order valence-electron chi connectivity index (χ3n) is 6.99. The van der Waals surface area contributed by atoms with Crippen molar-refractivity contribution in [3.63, 3.8) is 0 Å². The van der Waals surface area contributed by atoms with Crippen LogP contribution in [-0.4, -0.2) is 35.0 Å². The Kier molecular flexibility index (Phi) is 7.69. The number of pyridine rings is 1. The lowest BCUT2D eigenvalue weighted by atomic mass is 9.85. The van der Waals surface area contributed by atoms with Crippen LogP contribution < -0.4 is 10.1 Å². The molecular weight excluding hydrogens is 410 g/mol. The van der Waals surface area contributed by atoms with Crippen molar-refractivity contribution in [3.8, 4) is 5.75 Å². The number of carbonyl (C=O) groups is 1. The van der Waals surface area contributed by atoms with Gasteiger partial charge in [-0.25, -0.2) is 0 Å². The molecule has 0 unspecified atom stereocenters. The highest BCUT2D eigenvalue weighted by molar-refractivity contribution is 5.81. The molecule has 2 heterocycles. The summed E-state index contributed by atoms with van der Waals surface area (Å²) in [5.41, 5.74) is 1.86. The Morgan fingerprint density at radius 3 is 2.52 bits per heavy atom. The Hall–Kier alpha value is -2.40. The van der Waals surface area contributed by atoms with Crippen molar-refractivity contribution in [3.05, 3.63) is 59.9 Å². The van der Waals surface area contributed by atoms with Gasteiger partial charge in [0.2, 0.25) is 5.91 Å². The van der Waals surface area contributed by atoms with Gasteiger partial charge in [0, 0.05) is 18.2 Å². The average molecular weight is 450 g/mol. The standard InChI is InChI=1S/C28H39N3O2/c1-28(2,3)27(32)30-26(25-13-6-7-16-29-25)22-14-17-31(18-15-22)20-21-9-8-12-24(19-21)33-23-10-4-5-11-23/h6-9,12-13,16,19,22-23,26H,4-5,10-11,14-15,17-18,20H2,1-3H3,(H,30,32)/t26-/m0/s1. The number of rotatable bonds is 7. The largest absolute Gasteiger partial charge is 0.490 e. The van der Waals surface area contributed by atoms with Crippen molar-refractivity contribution in [2.45, 2.75) is 78.0 Å². The summed E-state index contributed by atoms with van der Waals surface area (Å²) in [6.45, 7) is 8.87. The molecule has 1 aromatic carbocycles. The van der Waals surface area contributed by atoms with Gasteiger partial charge in [-0.15, -0.1) is 0 Å². The van der Waals surface area contributed by atoms with Gasteiger partial charge < -0.3 is 10.1 Å². The minimum absolute atomic E-state index is 0.0387. The molecule has 33 heavy (non-hydrogen) atoms. The molecular formula is C28H39N3O2. The van der Waals surface area contributed by atoms with Gasteiger partial charge in [0.25, 0.3) is 0 Å². The summed E-state index contributed by atoms with van der Waals surface area (Å²) in [4.78, 5) is 19.9. The van der Waals surface area contributed by atoms with Crippen LogP contribution in [0.3, 0.4) is 0 Å². The zero-order valence-corrected chi connectivity index (χ0v) is 20.4. The predicted molar refractivity (Wildman–Crippen MR) is 132 cm³/mol. The molecule has 1 amide bonds. The zero-order chi connectivity index (χ0) is 23.3. The number of nitrogens with one attached hydrogen (secondary N) is 1. The minimum atomic E-state index is -0.417. The van der Waals surface area contributed by atoms with E-state index in [2.05, 4.69) is 39.5 Å². The number of nitrogens with zero attached hydrogens (tertiary/aromatic N) is 2. The molecule has 0 radical (unpaired) electrons. The van der Waals surface area contributed by atoms with Crippen LogP contribution in [0, 0.1) is 11.3 Å². The molecule has 1 aliphatic heterocycles. The first-order chi connectivity index (χ1) is 15.9. The second-order valence-corrected chi connectivity index (χ2v) is 10.7. The molecule has 1 saturated heterocycles. The number of carbonyl (C=O) groups excluding carboxylic acids is 1. The summed E-state index contributed by atoms with van der Waals surface area (Å²) in [7, 11) is 0. The van der Waals surface area contributed by atoms with Crippen LogP contribution in [0.2, 0.25) is 0 Å². The summed E-state index contributed by atoms with van der Waals surface area (Å²) in [5.74, 6) is 1.48. The third-order valence-corrected chi connectivity index (χ3v) is 6.99. The summed E-state index contributed by atoms with van der Waals surface area (Å²) in [6, 6.07) is 14.6. The molecule has 1 aromatic heterocycles. The fourth-order valence-electron chi connectivity index (χ4n) is 4.97. The van der Waals surface area contributed by atoms with Crippen LogP contribution in [0.4, 0.5) is 0 Å². The highest BCUT2D eigenvalue weighted by Crippen LogP contribution is 2.32. The Bertz CT molecular complexity index is 895. The number of ether oxygens (including phenoxy) is 1. The average Bonchev–Trinajstić information content (AvgIpc) is 3.31. The van der Waals surface area contributed by atoms with Crippen molar-refractivity contribution in [2.75, 3.05) is 13.1 Å². The Morgan fingerprint density at radius 1 is 1.09 bits per heavy atom. The van der Waals surface area contributed by atoms with Gasteiger partial charge in [0.1, 0.15) is 5.75 Å². The van der Waals surface area contributed by atoms with E-state index >= 15 is 0 Å². The van der Waals surface area contributed by atoms with Crippen molar-refractivity contribution >= 4 is 5.91 Å². The monoisotopic (exact) mass is 449 g/mol. The highest BCUT2D eigenvalue weighted by Gasteiger charge is 2.32. The number of aromatic nitrogens is 1. The summed E-state index contributed by atoms with van der Waals surface area (Å²) >= 11 is 0. The molecule has 0 spiro atoms. The molecule has 0 bridgehead atoms. The quantitative estimate of drug-likeness (QED) is 0.605. The number of hydrogen-bond donors (Lipinski definition) is 1. The summed E-state index contributed by atoms with van der Waals surface area (Å²) in [6.07, 6.45) is 9.24. The number of amides is 1. The van der Waals surface area contributed by atoms with Gasteiger partial charge in [-0.3, -0.25) is 14.7 Å². The van der Waals surface area contributed by atoms with Crippen LogP contribution in [0.15, 0.2) is 48.7 Å². The van der Waals surface area contributed by atoms with E-state index in [0.717, 1.165) is 43.9 Å². The molecule has 2 aliphatic rings. The number of likely N-dealkylation sites (tertiary alicyclic amines) is 1. The maximum absolute atomic E-state index is 12.8. The van der Waals surface area contributed by atoms with E-state index in [9.17, 15) is 4.79 Å². The zero-order valence-electron chi connectivity index (χ0n) is 20.4. The first kappa shape index (κ1) is 23.7. The second kappa shape index (κ2) is 10.7. The fourth-order valence-corrected chi connectivity index (χ4v) is 4.97. The fraction of sp³-hybridized carbons (Fsp3) is 0.571. The second-order valence-electron chi connectivity index (χ2n) is 10.7. The molecule has 1 aliphatic carbocycles. The molecule has 1 atom stereocenters. The predicted octanol–water partition coefficient (Wildman–Crippen LogP) is 5.52. The van der Waals surface area contributed by atoms with Gasteiger partial charge in [-0.2, -0.15) is 0 Å². The minimum Gasteiger partial charge on any atom is -0.490 e. The first-order valence-corrected chi connectivity index (χ1v) is 12.6. The van der Waals surface area contributed by atoms with E-state index < -0.39 is 5.41 Å². The molecule has 4 rings (SSSR count). The van der Waals surface area contributed by atoms with Gasteiger partial charge in [-0.05, 0) is 87.4 Å². The van der Waals surface area contributed by atoms with Crippen LogP contribution in [0.25, 0.3) is 0 Å². The molecule has 5 nitrogen and oxygen atoms in total. The van der Waals surface area contributed by atoms with Gasteiger partial charge in [0.15, 0.2) is 0 Å². The maximum atomic E-state index is 12.8. The van der Waals surface area contributed by atoms with Crippen molar-refractivity contribution in [1.82, 2.24) is 15.2 Å². The lowest BCUT2D eigenvalue weighted by molar-refractivity contribution is -0.129. The highest BCUT2D eigenvalue weighted by atomic mass is 16.5. The maximum Gasteiger partial charge on any atom is 0.225 e. The first-order valence-electron chi connectivity index (χ1n) is 12.6. The van der Waals surface area contributed by atoms with Gasteiger partial charge >= 0.3 is 0 Å². The molecule has 178 valence electrons. The summed E-state index contributed by atoms with van der Waals surface area (Å²) in [5, 5.41) is 3.31. The lowest BCUT2D eigenvalue weighted by Gasteiger charge is -2.37. The van der Waals surface area contributed by atoms with Crippen LogP contribution in [0.1, 0.15) is 76.6 Å². The van der Waals surface area contributed by atoms with E-state index in [4.69, 9.17) is 4.74 Å². The van der Waals surface area contributed by atoms with Crippen molar-refractivity contribution < 1.29 is 9.53 Å². The van der Waals surface area contributed by atoms with Crippen molar-refractivity contribution in [2.24, 2.45) is 11.3 Å². The van der Waals surface area contributed by atoms with Crippen LogP contribution in [-0.2, 0) is 11.3 Å². The normalized spacial score (nSPS) is 19.4. The Balaban J connectivity index is 1.36. The number of piperidine rings is 1. The SMILES string of the molecule is CC(C)(C)C(=O)N[C@H](c1ccccn1)C1CCN(Cc2cccc(OC3CCCC3)c2)CC1. The molecule has 1 N–H and O–H groups in total.